The van der Waals surface area contributed by atoms with E-state index in [-0.39, 0.29) is 5.91 Å². The molecule has 2 N–H and O–H groups in total. The molecule has 1 aromatic heterocycles. The van der Waals surface area contributed by atoms with E-state index in [2.05, 4.69) is 82.3 Å². The van der Waals surface area contributed by atoms with Gasteiger partial charge < -0.3 is 10.3 Å². The van der Waals surface area contributed by atoms with Crippen LogP contribution >= 0.6 is 22.6 Å². The molecule has 1 amide bonds. The second kappa shape index (κ2) is 6.92. The highest BCUT2D eigenvalue weighted by atomic mass is 127. The van der Waals surface area contributed by atoms with Gasteiger partial charge in [0, 0.05) is 32.1 Å². The number of amides is 1. The van der Waals surface area contributed by atoms with Crippen LogP contribution in [0.25, 0.3) is 11.6 Å². The van der Waals surface area contributed by atoms with Gasteiger partial charge in [-0.15, -0.1) is 0 Å². The zero-order chi connectivity index (χ0) is 19.3. The van der Waals surface area contributed by atoms with E-state index < -0.39 is 0 Å². The van der Waals surface area contributed by atoms with Crippen LogP contribution in [0.1, 0.15) is 52.4 Å². The number of aromatic nitrogens is 1. The molecule has 2 heterocycles. The highest BCUT2D eigenvalue weighted by Gasteiger charge is 2.28. The van der Waals surface area contributed by atoms with Crippen molar-refractivity contribution in [2.24, 2.45) is 0 Å². The maximum atomic E-state index is 12.6. The minimum absolute atomic E-state index is 0.0210. The summed E-state index contributed by atoms with van der Waals surface area (Å²) in [6.45, 7) is 2.08. The molecule has 5 rings (SSSR count). The third kappa shape index (κ3) is 2.91. The predicted octanol–water partition coefficient (Wildman–Crippen LogP) is 5.89. The molecule has 0 spiro atoms. The van der Waals surface area contributed by atoms with E-state index in [1.807, 2.05) is 12.1 Å². The minimum Gasteiger partial charge on any atom is -0.359 e. The van der Waals surface area contributed by atoms with Crippen LogP contribution in [0.3, 0.4) is 0 Å². The van der Waals surface area contributed by atoms with E-state index in [0.717, 1.165) is 34.5 Å². The third-order valence-corrected chi connectivity index (χ3v) is 7.08. The first-order valence-electron chi connectivity index (χ1n) is 9.71. The highest BCUT2D eigenvalue weighted by molar-refractivity contribution is 14.1. The fourth-order valence-corrected chi connectivity index (χ4v) is 4.99. The molecule has 0 fully saturated rings. The molecule has 1 aliphatic heterocycles. The monoisotopic (exact) mass is 480 g/mol. The second-order valence-electron chi connectivity index (χ2n) is 7.62. The summed E-state index contributed by atoms with van der Waals surface area (Å²) >= 11 is 2.33. The summed E-state index contributed by atoms with van der Waals surface area (Å²) in [4.78, 5) is 16.2. The van der Waals surface area contributed by atoms with Crippen LogP contribution in [0.4, 0.5) is 5.69 Å². The van der Waals surface area contributed by atoms with Gasteiger partial charge in [-0.3, -0.25) is 4.79 Å². The van der Waals surface area contributed by atoms with Crippen LogP contribution in [-0.4, -0.2) is 10.9 Å². The molecule has 0 saturated carbocycles. The zero-order valence-electron chi connectivity index (χ0n) is 15.7. The predicted molar refractivity (Wildman–Crippen MR) is 122 cm³/mol. The molecule has 2 aliphatic rings. The summed E-state index contributed by atoms with van der Waals surface area (Å²) in [5.41, 5.74) is 8.92. The van der Waals surface area contributed by atoms with Crippen molar-refractivity contribution in [2.75, 3.05) is 5.32 Å². The summed E-state index contributed by atoms with van der Waals surface area (Å²) in [5.74, 6) is 0.410. The number of hydrogen-bond acceptors (Lipinski definition) is 1. The summed E-state index contributed by atoms with van der Waals surface area (Å²) < 4.78 is 1.17. The number of anilines is 1. The lowest BCUT2D eigenvalue weighted by Gasteiger charge is -2.22. The summed E-state index contributed by atoms with van der Waals surface area (Å²) in [5, 5.41) is 3.01. The number of aryl methyl sites for hydroxylation is 1. The molecular weight excluding hydrogens is 459 g/mol. The van der Waals surface area contributed by atoms with Gasteiger partial charge in [-0.2, -0.15) is 0 Å². The second-order valence-corrected chi connectivity index (χ2v) is 8.78. The van der Waals surface area contributed by atoms with E-state index >= 15 is 0 Å². The largest absolute Gasteiger partial charge is 0.359 e. The SMILES string of the molecule is Cc1c(I)ccc2c1C(=Cc1cc3c([nH]1)CCCC3c1ccccc1)C(=O)N2. The number of rotatable bonds is 2. The lowest BCUT2D eigenvalue weighted by Crippen LogP contribution is -2.09. The van der Waals surface area contributed by atoms with Gasteiger partial charge in [0.05, 0.1) is 5.57 Å². The first-order valence-corrected chi connectivity index (χ1v) is 10.8. The molecule has 1 unspecified atom stereocenters. The van der Waals surface area contributed by atoms with Crippen molar-refractivity contribution in [3.8, 4) is 0 Å². The first-order chi connectivity index (χ1) is 13.6. The molecule has 4 heteroatoms. The van der Waals surface area contributed by atoms with Gasteiger partial charge in [0.15, 0.2) is 0 Å². The normalized spacial score (nSPS) is 19.4. The lowest BCUT2D eigenvalue weighted by atomic mass is 9.82. The summed E-state index contributed by atoms with van der Waals surface area (Å²) in [6, 6.07) is 17.0. The number of benzene rings is 2. The maximum absolute atomic E-state index is 12.6. The summed E-state index contributed by atoms with van der Waals surface area (Å²) in [6.07, 6.45) is 5.45. The Balaban J connectivity index is 1.58. The average molecular weight is 480 g/mol. The molecule has 1 aliphatic carbocycles. The number of halogens is 1. The molecule has 1 atom stereocenters. The van der Waals surface area contributed by atoms with Crippen molar-refractivity contribution in [3.05, 3.63) is 85.7 Å². The number of carbonyl (C=O) groups excluding carboxylic acids is 1. The van der Waals surface area contributed by atoms with Crippen molar-refractivity contribution in [1.29, 1.82) is 0 Å². The Kier molecular flexibility index (Phi) is 4.38. The van der Waals surface area contributed by atoms with Gasteiger partial charge in [0.25, 0.3) is 5.91 Å². The van der Waals surface area contributed by atoms with Gasteiger partial charge in [-0.1, -0.05) is 30.3 Å². The Bertz CT molecular complexity index is 1110. The third-order valence-electron chi connectivity index (χ3n) is 5.91. The van der Waals surface area contributed by atoms with Crippen molar-refractivity contribution < 1.29 is 4.79 Å². The van der Waals surface area contributed by atoms with E-state index in [1.54, 1.807) is 0 Å². The van der Waals surface area contributed by atoms with E-state index in [4.69, 9.17) is 0 Å². The molecule has 28 heavy (non-hydrogen) atoms. The van der Waals surface area contributed by atoms with Crippen molar-refractivity contribution in [1.82, 2.24) is 4.98 Å². The maximum Gasteiger partial charge on any atom is 0.256 e. The van der Waals surface area contributed by atoms with Crippen LogP contribution in [0, 0.1) is 10.5 Å². The van der Waals surface area contributed by atoms with Gasteiger partial charge in [-0.05, 0) is 89.7 Å². The molecule has 3 nitrogen and oxygen atoms in total. The molecule has 2 aromatic carbocycles. The smallest absolute Gasteiger partial charge is 0.256 e. The fraction of sp³-hybridized carbons (Fsp3) is 0.208. The average Bonchev–Trinajstić information content (AvgIpc) is 3.26. The van der Waals surface area contributed by atoms with Crippen molar-refractivity contribution in [2.45, 2.75) is 32.1 Å². The number of nitrogens with one attached hydrogen (secondary N) is 2. The van der Waals surface area contributed by atoms with Gasteiger partial charge in [0.2, 0.25) is 0 Å². The van der Waals surface area contributed by atoms with Crippen LogP contribution in [0.15, 0.2) is 48.5 Å². The zero-order valence-corrected chi connectivity index (χ0v) is 17.8. The molecule has 0 radical (unpaired) electrons. The lowest BCUT2D eigenvalue weighted by molar-refractivity contribution is -0.110. The molecule has 0 saturated heterocycles. The van der Waals surface area contributed by atoms with Crippen molar-refractivity contribution in [3.63, 3.8) is 0 Å². The molecule has 3 aromatic rings. The highest BCUT2D eigenvalue weighted by Crippen LogP contribution is 2.40. The quantitative estimate of drug-likeness (QED) is 0.349. The van der Waals surface area contributed by atoms with Crippen molar-refractivity contribution >= 4 is 45.8 Å². The Morgan fingerprint density at radius 3 is 2.79 bits per heavy atom. The van der Waals surface area contributed by atoms with Gasteiger partial charge in [0.1, 0.15) is 0 Å². The number of hydrogen-bond donors (Lipinski definition) is 2. The Morgan fingerprint density at radius 1 is 1.14 bits per heavy atom. The summed E-state index contributed by atoms with van der Waals surface area (Å²) in [7, 11) is 0. The standard InChI is InChI=1S/C24H21IN2O/c1-14-20(25)10-11-22-23(14)19(24(28)27-22)13-16-12-18-17(8-5-9-21(18)26-16)15-6-3-2-4-7-15/h2-4,6-7,10-13,17,26H,5,8-9H2,1H3,(H,27,28). The number of H-pyrrole nitrogens is 1. The van der Waals surface area contributed by atoms with Crippen LogP contribution in [0.2, 0.25) is 0 Å². The Morgan fingerprint density at radius 2 is 1.96 bits per heavy atom. The Hall–Kier alpha value is -2.34. The number of carbonyl (C=O) groups is 1. The molecule has 140 valence electrons. The fourth-order valence-electron chi connectivity index (χ4n) is 4.54. The van der Waals surface area contributed by atoms with Crippen LogP contribution in [-0.2, 0) is 11.2 Å². The molecular formula is C24H21IN2O. The van der Waals surface area contributed by atoms with E-state index in [9.17, 15) is 4.79 Å². The van der Waals surface area contributed by atoms with E-state index in [1.165, 1.54) is 33.2 Å². The molecule has 0 bridgehead atoms. The van der Waals surface area contributed by atoms with Gasteiger partial charge in [-0.25, -0.2) is 0 Å². The van der Waals surface area contributed by atoms with E-state index in [0.29, 0.717) is 5.92 Å². The topological polar surface area (TPSA) is 44.9 Å². The number of aromatic amines is 1. The minimum atomic E-state index is -0.0210. The van der Waals surface area contributed by atoms with Crippen LogP contribution < -0.4 is 5.32 Å². The Labute approximate surface area is 178 Å². The van der Waals surface area contributed by atoms with Gasteiger partial charge >= 0.3 is 0 Å². The first kappa shape index (κ1) is 17.7. The number of fused-ring (bicyclic) bond motifs is 2. The van der Waals surface area contributed by atoms with Crippen LogP contribution in [0.5, 0.6) is 0 Å².